The molecule has 144 valence electrons. The smallest absolute Gasteiger partial charge is 0.240 e. The first-order valence-corrected chi connectivity index (χ1v) is 9.66. The number of hydrogen-bond acceptors (Lipinski definition) is 5. The van der Waals surface area contributed by atoms with Crippen LogP contribution in [-0.2, 0) is 14.8 Å². The largest absolute Gasteiger partial charge is 0.496 e. The molecular weight excluding hydrogens is 364 g/mol. The maximum Gasteiger partial charge on any atom is 0.240 e. The van der Waals surface area contributed by atoms with Crippen molar-refractivity contribution in [2.45, 2.75) is 31.6 Å². The number of methoxy groups -OCH3 is 2. The van der Waals surface area contributed by atoms with E-state index in [2.05, 4.69) is 10.0 Å². The Hall–Kier alpha value is -0.860. The molecule has 0 aromatic heterocycles. The van der Waals surface area contributed by atoms with E-state index in [0.717, 1.165) is 42.8 Å². The third-order valence-corrected chi connectivity index (χ3v) is 6.08. The Balaban J connectivity index is 0.00000312. The van der Waals surface area contributed by atoms with Gasteiger partial charge in [-0.3, -0.25) is 0 Å². The van der Waals surface area contributed by atoms with Crippen LogP contribution in [0.5, 0.6) is 5.75 Å². The summed E-state index contributed by atoms with van der Waals surface area (Å²) < 4.78 is 38.9. The summed E-state index contributed by atoms with van der Waals surface area (Å²) in [4.78, 5) is 0.278. The lowest BCUT2D eigenvalue weighted by Gasteiger charge is -2.37. The van der Waals surface area contributed by atoms with Crippen LogP contribution in [0.2, 0.25) is 0 Å². The lowest BCUT2D eigenvalue weighted by molar-refractivity contribution is 0.0577. The van der Waals surface area contributed by atoms with Crippen LogP contribution < -0.4 is 14.8 Å². The number of ether oxygens (including phenoxy) is 2. The van der Waals surface area contributed by atoms with Crippen molar-refractivity contribution in [1.82, 2.24) is 10.0 Å². The zero-order valence-electron chi connectivity index (χ0n) is 15.3. The fraction of sp³-hybridized carbons (Fsp3) is 0.647. The summed E-state index contributed by atoms with van der Waals surface area (Å²) in [6, 6.07) is 3.30. The fourth-order valence-corrected chi connectivity index (χ4v) is 4.68. The van der Waals surface area contributed by atoms with E-state index < -0.39 is 10.0 Å². The molecule has 1 aromatic carbocycles. The second-order valence-corrected chi connectivity index (χ2v) is 8.36. The molecule has 8 heteroatoms. The molecule has 0 aliphatic carbocycles. The van der Waals surface area contributed by atoms with Crippen LogP contribution in [0, 0.1) is 19.3 Å². The Morgan fingerprint density at radius 2 is 1.72 bits per heavy atom. The number of hydrogen-bond donors (Lipinski definition) is 2. The second kappa shape index (κ2) is 9.19. The van der Waals surface area contributed by atoms with Gasteiger partial charge in [-0.1, -0.05) is 0 Å². The summed E-state index contributed by atoms with van der Waals surface area (Å²) >= 11 is 0. The average Bonchev–Trinajstić information content (AvgIpc) is 2.54. The van der Waals surface area contributed by atoms with E-state index in [-0.39, 0.29) is 22.7 Å². The predicted octanol–water partition coefficient (Wildman–Crippen LogP) is 2.03. The van der Waals surface area contributed by atoms with Crippen LogP contribution in [0.1, 0.15) is 24.0 Å². The van der Waals surface area contributed by atoms with Crippen molar-refractivity contribution in [2.24, 2.45) is 5.41 Å². The highest BCUT2D eigenvalue weighted by Gasteiger charge is 2.33. The first kappa shape index (κ1) is 22.2. The van der Waals surface area contributed by atoms with Crippen molar-refractivity contribution >= 4 is 22.4 Å². The Bertz CT molecular complexity index is 645. The van der Waals surface area contributed by atoms with E-state index in [1.165, 1.54) is 0 Å². The van der Waals surface area contributed by atoms with Gasteiger partial charge in [0.1, 0.15) is 5.75 Å². The van der Waals surface area contributed by atoms with E-state index in [4.69, 9.17) is 9.47 Å². The van der Waals surface area contributed by atoms with Gasteiger partial charge in [0.15, 0.2) is 0 Å². The molecule has 25 heavy (non-hydrogen) atoms. The van der Waals surface area contributed by atoms with E-state index >= 15 is 0 Å². The standard InChI is InChI=1S/C17H28N2O4S.ClH/c1-13-9-15(10-14(2)16(13)23-4)24(20,21)19-11-17(12-22-3)5-7-18-8-6-17;/h9-10,18-19H,5-8,11-12H2,1-4H3;1H. The van der Waals surface area contributed by atoms with Crippen LogP contribution in [-0.4, -0.2) is 48.9 Å². The van der Waals surface area contributed by atoms with Crippen molar-refractivity contribution in [3.05, 3.63) is 23.3 Å². The van der Waals surface area contributed by atoms with Crippen LogP contribution in [0.25, 0.3) is 0 Å². The molecule has 1 heterocycles. The minimum Gasteiger partial charge on any atom is -0.496 e. The van der Waals surface area contributed by atoms with Gasteiger partial charge >= 0.3 is 0 Å². The number of aryl methyl sites for hydroxylation is 2. The first-order valence-electron chi connectivity index (χ1n) is 8.18. The van der Waals surface area contributed by atoms with Crippen molar-refractivity contribution < 1.29 is 17.9 Å². The van der Waals surface area contributed by atoms with Crippen molar-refractivity contribution in [1.29, 1.82) is 0 Å². The second-order valence-electron chi connectivity index (χ2n) is 6.60. The van der Waals surface area contributed by atoms with Gasteiger partial charge in [0.2, 0.25) is 10.0 Å². The fourth-order valence-electron chi connectivity index (χ4n) is 3.35. The number of piperidine rings is 1. The minimum absolute atomic E-state index is 0. The molecule has 1 aromatic rings. The minimum atomic E-state index is -3.57. The Labute approximate surface area is 157 Å². The molecule has 0 bridgehead atoms. The molecule has 1 fully saturated rings. The normalized spacial score (nSPS) is 17.0. The summed E-state index contributed by atoms with van der Waals surface area (Å²) in [7, 11) is -0.316. The van der Waals surface area contributed by atoms with Crippen LogP contribution in [0.4, 0.5) is 0 Å². The molecule has 0 amide bonds. The molecule has 0 unspecified atom stereocenters. The molecule has 1 aliphatic heterocycles. The van der Waals surface area contributed by atoms with Gasteiger partial charge in [0, 0.05) is 19.1 Å². The van der Waals surface area contributed by atoms with Gasteiger partial charge in [-0.05, 0) is 63.0 Å². The SMILES string of the molecule is COCC1(CNS(=O)(=O)c2cc(C)c(OC)c(C)c2)CCNCC1.Cl. The summed E-state index contributed by atoms with van der Waals surface area (Å²) in [5.41, 5.74) is 1.47. The molecule has 1 aliphatic rings. The van der Waals surface area contributed by atoms with Gasteiger partial charge in [-0.25, -0.2) is 13.1 Å². The molecule has 0 atom stereocenters. The van der Waals surface area contributed by atoms with Gasteiger partial charge < -0.3 is 14.8 Å². The maximum absolute atomic E-state index is 12.7. The number of nitrogens with one attached hydrogen (secondary N) is 2. The summed E-state index contributed by atoms with van der Waals surface area (Å²) in [6.45, 7) is 6.40. The average molecular weight is 393 g/mol. The highest BCUT2D eigenvalue weighted by molar-refractivity contribution is 7.89. The lowest BCUT2D eigenvalue weighted by atomic mass is 9.80. The van der Waals surface area contributed by atoms with E-state index in [1.54, 1.807) is 26.4 Å². The monoisotopic (exact) mass is 392 g/mol. The molecule has 0 radical (unpaired) electrons. The number of sulfonamides is 1. The van der Waals surface area contributed by atoms with Crippen molar-refractivity contribution in [2.75, 3.05) is 40.5 Å². The van der Waals surface area contributed by atoms with Crippen LogP contribution in [0.3, 0.4) is 0 Å². The highest BCUT2D eigenvalue weighted by Crippen LogP contribution is 2.30. The Morgan fingerprint density at radius 1 is 1.16 bits per heavy atom. The molecule has 2 N–H and O–H groups in total. The van der Waals surface area contributed by atoms with E-state index in [9.17, 15) is 8.42 Å². The number of rotatable bonds is 7. The Kier molecular flexibility index (Phi) is 8.15. The predicted molar refractivity (Wildman–Crippen MR) is 101 cm³/mol. The van der Waals surface area contributed by atoms with Gasteiger partial charge in [0.25, 0.3) is 0 Å². The van der Waals surface area contributed by atoms with Gasteiger partial charge in [0.05, 0.1) is 18.6 Å². The molecule has 0 spiro atoms. The number of benzene rings is 1. The van der Waals surface area contributed by atoms with Crippen molar-refractivity contribution in [3.8, 4) is 5.75 Å². The molecule has 2 rings (SSSR count). The lowest BCUT2D eigenvalue weighted by Crippen LogP contribution is -2.47. The van der Waals surface area contributed by atoms with Gasteiger partial charge in [-0.2, -0.15) is 0 Å². The van der Waals surface area contributed by atoms with Crippen molar-refractivity contribution in [3.63, 3.8) is 0 Å². The molecule has 1 saturated heterocycles. The molecular formula is C17H29ClN2O4S. The van der Waals surface area contributed by atoms with Gasteiger partial charge in [-0.15, -0.1) is 12.4 Å². The highest BCUT2D eigenvalue weighted by atomic mass is 35.5. The quantitative estimate of drug-likeness (QED) is 0.742. The third-order valence-electron chi connectivity index (χ3n) is 4.70. The maximum atomic E-state index is 12.7. The van der Waals surface area contributed by atoms with Crippen LogP contribution >= 0.6 is 12.4 Å². The zero-order valence-corrected chi connectivity index (χ0v) is 17.0. The zero-order chi connectivity index (χ0) is 17.8. The third kappa shape index (κ3) is 5.31. The topological polar surface area (TPSA) is 76.7 Å². The van der Waals surface area contributed by atoms with E-state index in [1.807, 2.05) is 13.8 Å². The number of halogens is 1. The molecule has 6 nitrogen and oxygen atoms in total. The Morgan fingerprint density at radius 3 is 2.20 bits per heavy atom. The summed E-state index contributed by atoms with van der Waals surface area (Å²) in [6.07, 6.45) is 1.79. The van der Waals surface area contributed by atoms with Crippen LogP contribution in [0.15, 0.2) is 17.0 Å². The first-order chi connectivity index (χ1) is 11.3. The summed E-state index contributed by atoms with van der Waals surface area (Å²) in [5, 5.41) is 3.31. The molecule has 0 saturated carbocycles. The van der Waals surface area contributed by atoms with E-state index in [0.29, 0.717) is 13.2 Å². The summed E-state index contributed by atoms with van der Waals surface area (Å²) in [5.74, 6) is 0.725.